The molecule has 0 saturated heterocycles. The topological polar surface area (TPSA) is 60.2 Å². The quantitative estimate of drug-likeness (QED) is 0.914. The summed E-state index contributed by atoms with van der Waals surface area (Å²) >= 11 is 0. The number of nitrogens with zero attached hydrogens (tertiary/aromatic N) is 3. The second-order valence-electron chi connectivity index (χ2n) is 5.18. The first-order chi connectivity index (χ1) is 9.01. The molecule has 2 aromatic rings. The monoisotopic (exact) mass is 255 g/mol. The van der Waals surface area contributed by atoms with E-state index in [9.17, 15) is 10.4 Å². The third kappa shape index (κ3) is 2.25. The maximum absolute atomic E-state index is 9.52. The van der Waals surface area contributed by atoms with Gasteiger partial charge in [0.25, 0.3) is 0 Å². The van der Waals surface area contributed by atoms with Crippen LogP contribution in [0.4, 0.5) is 5.69 Å². The summed E-state index contributed by atoms with van der Waals surface area (Å²) in [5.74, 6) is 0. The number of aliphatic hydroxyl groups is 1. The van der Waals surface area contributed by atoms with E-state index in [1.807, 2.05) is 50.1 Å². The lowest BCUT2D eigenvalue weighted by Crippen LogP contribution is -2.44. The number of para-hydroxylation sites is 1. The number of rotatable bonds is 3. The number of nitriles is 1. The number of pyridine rings is 1. The van der Waals surface area contributed by atoms with Crippen molar-refractivity contribution in [1.29, 1.82) is 5.26 Å². The predicted octanol–water partition coefficient (Wildman–Crippen LogP) is 2.31. The Morgan fingerprint density at radius 1 is 1.37 bits per heavy atom. The number of aromatic nitrogens is 1. The van der Waals surface area contributed by atoms with Gasteiger partial charge in [0.15, 0.2) is 0 Å². The maximum atomic E-state index is 9.52. The first kappa shape index (κ1) is 13.3. The number of fused-ring (bicyclic) bond motifs is 1. The molecule has 4 heteroatoms. The molecule has 1 aromatic heterocycles. The minimum atomic E-state index is -0.449. The van der Waals surface area contributed by atoms with E-state index < -0.39 is 5.54 Å². The Labute approximate surface area is 112 Å². The first-order valence-electron chi connectivity index (χ1n) is 6.14. The van der Waals surface area contributed by atoms with Crippen LogP contribution in [0.2, 0.25) is 0 Å². The van der Waals surface area contributed by atoms with Crippen LogP contribution in [0, 0.1) is 11.3 Å². The minimum Gasteiger partial charge on any atom is -0.394 e. The summed E-state index contributed by atoms with van der Waals surface area (Å²) < 4.78 is 0. The van der Waals surface area contributed by atoms with Crippen LogP contribution in [0.5, 0.6) is 0 Å². The molecular weight excluding hydrogens is 238 g/mol. The fourth-order valence-electron chi connectivity index (χ4n) is 1.98. The van der Waals surface area contributed by atoms with Crippen molar-refractivity contribution in [2.75, 3.05) is 18.6 Å². The first-order valence-corrected chi connectivity index (χ1v) is 6.14. The lowest BCUT2D eigenvalue weighted by atomic mass is 10.0. The predicted molar refractivity (Wildman–Crippen MR) is 76.0 cm³/mol. The van der Waals surface area contributed by atoms with Gasteiger partial charge >= 0.3 is 0 Å². The van der Waals surface area contributed by atoms with Gasteiger partial charge in [-0.3, -0.25) is 4.98 Å². The summed E-state index contributed by atoms with van der Waals surface area (Å²) in [5, 5.41) is 19.7. The van der Waals surface area contributed by atoms with Gasteiger partial charge in [-0.25, -0.2) is 0 Å². The van der Waals surface area contributed by atoms with Crippen molar-refractivity contribution in [2.24, 2.45) is 0 Å². The molecule has 0 aliphatic rings. The van der Waals surface area contributed by atoms with Gasteiger partial charge in [-0.15, -0.1) is 0 Å². The summed E-state index contributed by atoms with van der Waals surface area (Å²) in [4.78, 5) is 6.23. The van der Waals surface area contributed by atoms with Gasteiger partial charge in [0.2, 0.25) is 0 Å². The second kappa shape index (κ2) is 4.87. The van der Waals surface area contributed by atoms with Gasteiger partial charge in [0.05, 0.1) is 28.9 Å². The molecule has 4 nitrogen and oxygen atoms in total. The van der Waals surface area contributed by atoms with E-state index in [1.165, 1.54) is 0 Å². The summed E-state index contributed by atoms with van der Waals surface area (Å²) in [6, 6.07) is 9.89. The molecule has 0 fully saturated rings. The zero-order valence-electron chi connectivity index (χ0n) is 11.4. The molecule has 0 aliphatic heterocycles. The van der Waals surface area contributed by atoms with Crippen LogP contribution >= 0.6 is 0 Å². The normalized spacial score (nSPS) is 11.3. The van der Waals surface area contributed by atoms with Crippen LogP contribution in [0.25, 0.3) is 10.9 Å². The molecule has 1 N–H and O–H groups in total. The van der Waals surface area contributed by atoms with Gasteiger partial charge in [0.1, 0.15) is 6.07 Å². The average Bonchev–Trinajstić information content (AvgIpc) is 2.45. The van der Waals surface area contributed by atoms with Gasteiger partial charge in [-0.2, -0.15) is 5.26 Å². The Bertz CT molecular complexity index is 643. The molecule has 19 heavy (non-hydrogen) atoms. The second-order valence-corrected chi connectivity index (χ2v) is 5.18. The van der Waals surface area contributed by atoms with E-state index in [1.54, 1.807) is 6.20 Å². The molecule has 0 bridgehead atoms. The third-order valence-corrected chi connectivity index (χ3v) is 3.50. The molecule has 2 rings (SSSR count). The van der Waals surface area contributed by atoms with E-state index in [4.69, 9.17) is 0 Å². The highest BCUT2D eigenvalue weighted by atomic mass is 16.3. The fraction of sp³-hybridized carbons (Fsp3) is 0.333. The highest BCUT2D eigenvalue weighted by Gasteiger charge is 2.26. The molecular formula is C15H17N3O. The highest BCUT2D eigenvalue weighted by Crippen LogP contribution is 2.32. The van der Waals surface area contributed by atoms with Crippen LogP contribution in [0.15, 0.2) is 30.5 Å². The van der Waals surface area contributed by atoms with Crippen LogP contribution < -0.4 is 4.90 Å². The molecule has 98 valence electrons. The number of hydrogen-bond acceptors (Lipinski definition) is 4. The van der Waals surface area contributed by atoms with Crippen LogP contribution in [0.3, 0.4) is 0 Å². The molecule has 0 unspecified atom stereocenters. The van der Waals surface area contributed by atoms with Crippen molar-refractivity contribution in [2.45, 2.75) is 19.4 Å². The summed E-state index contributed by atoms with van der Waals surface area (Å²) in [6.45, 7) is 3.87. The number of likely N-dealkylation sites (N-methyl/N-ethyl adjacent to an activating group) is 1. The minimum absolute atomic E-state index is 0.00498. The lowest BCUT2D eigenvalue weighted by molar-refractivity contribution is 0.216. The Morgan fingerprint density at radius 2 is 2.05 bits per heavy atom. The molecule has 0 radical (unpaired) electrons. The van der Waals surface area contributed by atoms with Crippen molar-refractivity contribution in [1.82, 2.24) is 4.98 Å². The molecule has 0 atom stereocenters. The number of aliphatic hydroxyl groups excluding tert-OH is 1. The van der Waals surface area contributed by atoms with Gasteiger partial charge < -0.3 is 10.0 Å². The Balaban J connectivity index is 2.73. The largest absolute Gasteiger partial charge is 0.394 e. The van der Waals surface area contributed by atoms with Crippen LogP contribution in [-0.2, 0) is 0 Å². The van der Waals surface area contributed by atoms with Gasteiger partial charge in [-0.05, 0) is 19.9 Å². The summed E-state index contributed by atoms with van der Waals surface area (Å²) in [7, 11) is 1.89. The van der Waals surface area contributed by atoms with E-state index in [0.29, 0.717) is 5.56 Å². The zero-order valence-corrected chi connectivity index (χ0v) is 11.4. The highest BCUT2D eigenvalue weighted by molar-refractivity contribution is 5.94. The summed E-state index contributed by atoms with van der Waals surface area (Å²) in [5.41, 5.74) is 1.72. The van der Waals surface area contributed by atoms with E-state index in [0.717, 1.165) is 16.6 Å². The molecule has 1 aromatic carbocycles. The number of benzene rings is 1. The van der Waals surface area contributed by atoms with Crippen LogP contribution in [0.1, 0.15) is 19.4 Å². The summed E-state index contributed by atoms with van der Waals surface area (Å²) in [6.07, 6.45) is 1.58. The zero-order chi connectivity index (χ0) is 14.0. The van der Waals surface area contributed by atoms with Crippen molar-refractivity contribution in [3.05, 3.63) is 36.0 Å². The van der Waals surface area contributed by atoms with Crippen molar-refractivity contribution < 1.29 is 5.11 Å². The Morgan fingerprint density at radius 3 is 2.68 bits per heavy atom. The van der Waals surface area contributed by atoms with E-state index in [2.05, 4.69) is 11.1 Å². The SMILES string of the molecule is CN(c1c(C#N)cnc2ccccc12)C(C)(C)CO. The standard InChI is InChI=1S/C15H17N3O/c1-15(2,10-19)18(3)14-11(8-16)9-17-13-7-5-4-6-12(13)14/h4-7,9,19H,10H2,1-3H3. The molecule has 0 spiro atoms. The van der Waals surface area contributed by atoms with Gasteiger partial charge in [-0.1, -0.05) is 18.2 Å². The smallest absolute Gasteiger partial charge is 0.103 e. The average molecular weight is 255 g/mol. The van der Waals surface area contributed by atoms with Crippen molar-refractivity contribution in [3.8, 4) is 6.07 Å². The maximum Gasteiger partial charge on any atom is 0.103 e. The van der Waals surface area contributed by atoms with Crippen molar-refractivity contribution >= 4 is 16.6 Å². The van der Waals surface area contributed by atoms with Gasteiger partial charge in [0, 0.05) is 18.6 Å². The van der Waals surface area contributed by atoms with Crippen molar-refractivity contribution in [3.63, 3.8) is 0 Å². The molecule has 0 saturated carbocycles. The lowest BCUT2D eigenvalue weighted by Gasteiger charge is -2.36. The molecule has 0 aliphatic carbocycles. The fourth-order valence-corrected chi connectivity index (χ4v) is 1.98. The Kier molecular flexibility index (Phi) is 3.41. The third-order valence-electron chi connectivity index (χ3n) is 3.50. The van der Waals surface area contributed by atoms with Crippen LogP contribution in [-0.4, -0.2) is 29.3 Å². The molecule has 1 heterocycles. The van der Waals surface area contributed by atoms with E-state index >= 15 is 0 Å². The molecule has 0 amide bonds. The number of hydrogen-bond donors (Lipinski definition) is 1. The Hall–Kier alpha value is -2.12. The van der Waals surface area contributed by atoms with E-state index in [-0.39, 0.29) is 6.61 Å². The number of anilines is 1.